The molecule has 1 saturated carbocycles. The largest absolute Gasteiger partial charge is 0.349 e. The highest BCUT2D eigenvalue weighted by Crippen LogP contribution is 2.18. The molecule has 1 amide bonds. The molecule has 2 nitrogen and oxygen atoms in total. The van der Waals surface area contributed by atoms with Gasteiger partial charge in [0.15, 0.2) is 0 Å². The molecule has 1 aliphatic rings. The second-order valence-electron chi connectivity index (χ2n) is 4.00. The van der Waals surface area contributed by atoms with Crippen molar-refractivity contribution in [3.8, 4) is 0 Å². The van der Waals surface area contributed by atoms with Gasteiger partial charge in [0.1, 0.15) is 0 Å². The third-order valence-corrected chi connectivity index (χ3v) is 3.12. The molecule has 1 fully saturated rings. The van der Waals surface area contributed by atoms with Gasteiger partial charge in [-0.2, -0.15) is 0 Å². The summed E-state index contributed by atoms with van der Waals surface area (Å²) < 4.78 is 0. The minimum absolute atomic E-state index is 0.0373. The normalized spacial score (nSPS) is 16.6. The van der Waals surface area contributed by atoms with E-state index >= 15 is 0 Å². The van der Waals surface area contributed by atoms with Crippen LogP contribution in [0, 0.1) is 0 Å². The van der Waals surface area contributed by atoms with E-state index in [2.05, 4.69) is 17.9 Å². The van der Waals surface area contributed by atoms with Crippen LogP contribution in [-0.4, -0.2) is 11.9 Å². The standard InChI is InChI=1S/C12H15NOS/c14-12(13-10-3-1-2-4-10)9-5-7-11(15)8-6-9/h5-8,10,15H,1-4H2,(H,13,14). The number of nitrogens with one attached hydrogen (secondary N) is 1. The summed E-state index contributed by atoms with van der Waals surface area (Å²) in [5.41, 5.74) is 0.722. The number of rotatable bonds is 2. The van der Waals surface area contributed by atoms with Gasteiger partial charge >= 0.3 is 0 Å². The molecule has 0 bridgehead atoms. The minimum Gasteiger partial charge on any atom is -0.349 e. The molecule has 0 atom stereocenters. The van der Waals surface area contributed by atoms with Crippen molar-refractivity contribution in [1.82, 2.24) is 5.32 Å². The van der Waals surface area contributed by atoms with Crippen molar-refractivity contribution in [2.45, 2.75) is 36.6 Å². The summed E-state index contributed by atoms with van der Waals surface area (Å²) in [6.45, 7) is 0. The predicted molar refractivity (Wildman–Crippen MR) is 63.4 cm³/mol. The highest BCUT2D eigenvalue weighted by Gasteiger charge is 2.17. The Bertz CT molecular complexity index is 341. The molecular formula is C12H15NOS. The van der Waals surface area contributed by atoms with Crippen molar-refractivity contribution in [2.24, 2.45) is 0 Å². The summed E-state index contributed by atoms with van der Waals surface area (Å²) in [5, 5.41) is 3.05. The summed E-state index contributed by atoms with van der Waals surface area (Å²) in [6.07, 6.45) is 4.72. The highest BCUT2D eigenvalue weighted by atomic mass is 32.1. The Morgan fingerprint density at radius 3 is 2.40 bits per heavy atom. The van der Waals surface area contributed by atoms with Gasteiger partial charge in [-0.3, -0.25) is 4.79 Å². The lowest BCUT2D eigenvalue weighted by molar-refractivity contribution is 0.0938. The van der Waals surface area contributed by atoms with Crippen LogP contribution in [0.5, 0.6) is 0 Å². The maximum Gasteiger partial charge on any atom is 0.251 e. The summed E-state index contributed by atoms with van der Waals surface area (Å²) >= 11 is 4.19. The predicted octanol–water partition coefficient (Wildman–Crippen LogP) is 2.65. The van der Waals surface area contributed by atoms with Crippen LogP contribution >= 0.6 is 12.6 Å². The van der Waals surface area contributed by atoms with Gasteiger partial charge in [-0.05, 0) is 37.1 Å². The highest BCUT2D eigenvalue weighted by molar-refractivity contribution is 7.80. The Kier molecular flexibility index (Phi) is 3.31. The van der Waals surface area contributed by atoms with Crippen LogP contribution in [0.2, 0.25) is 0 Å². The number of hydrogen-bond donors (Lipinski definition) is 2. The monoisotopic (exact) mass is 221 g/mol. The lowest BCUT2D eigenvalue weighted by Crippen LogP contribution is -2.32. The number of thiol groups is 1. The van der Waals surface area contributed by atoms with Crippen LogP contribution in [-0.2, 0) is 0 Å². The molecule has 0 radical (unpaired) electrons. The SMILES string of the molecule is O=C(NC1CCCC1)c1ccc(S)cc1. The van der Waals surface area contributed by atoms with Crippen molar-refractivity contribution >= 4 is 18.5 Å². The Morgan fingerprint density at radius 2 is 1.80 bits per heavy atom. The fraction of sp³-hybridized carbons (Fsp3) is 0.417. The second-order valence-corrected chi connectivity index (χ2v) is 4.52. The van der Waals surface area contributed by atoms with E-state index in [4.69, 9.17) is 0 Å². The number of carbonyl (C=O) groups excluding carboxylic acids is 1. The average Bonchev–Trinajstić information content (AvgIpc) is 2.71. The van der Waals surface area contributed by atoms with Crippen molar-refractivity contribution in [1.29, 1.82) is 0 Å². The molecule has 1 aromatic carbocycles. The van der Waals surface area contributed by atoms with Crippen LogP contribution < -0.4 is 5.32 Å². The molecule has 80 valence electrons. The van der Waals surface area contributed by atoms with Gasteiger partial charge in [-0.25, -0.2) is 0 Å². The van der Waals surface area contributed by atoms with E-state index in [1.54, 1.807) is 0 Å². The van der Waals surface area contributed by atoms with Gasteiger partial charge in [0, 0.05) is 16.5 Å². The van der Waals surface area contributed by atoms with Gasteiger partial charge in [0.2, 0.25) is 0 Å². The van der Waals surface area contributed by atoms with Gasteiger partial charge in [-0.1, -0.05) is 12.8 Å². The fourth-order valence-electron chi connectivity index (χ4n) is 1.95. The first-order valence-electron chi connectivity index (χ1n) is 5.35. The quantitative estimate of drug-likeness (QED) is 0.739. The first-order valence-corrected chi connectivity index (χ1v) is 5.80. The molecule has 0 unspecified atom stereocenters. The van der Waals surface area contributed by atoms with Crippen molar-refractivity contribution in [2.75, 3.05) is 0 Å². The molecule has 0 heterocycles. The van der Waals surface area contributed by atoms with E-state index in [0.29, 0.717) is 6.04 Å². The number of hydrogen-bond acceptors (Lipinski definition) is 2. The first-order chi connectivity index (χ1) is 7.25. The van der Waals surface area contributed by atoms with Gasteiger partial charge in [-0.15, -0.1) is 12.6 Å². The topological polar surface area (TPSA) is 29.1 Å². The number of benzene rings is 1. The van der Waals surface area contributed by atoms with E-state index < -0.39 is 0 Å². The van der Waals surface area contributed by atoms with Crippen LogP contribution in [0.3, 0.4) is 0 Å². The summed E-state index contributed by atoms with van der Waals surface area (Å²) in [7, 11) is 0. The van der Waals surface area contributed by atoms with Crippen molar-refractivity contribution in [3.05, 3.63) is 29.8 Å². The zero-order valence-corrected chi connectivity index (χ0v) is 9.47. The molecule has 2 rings (SSSR count). The average molecular weight is 221 g/mol. The maximum atomic E-state index is 11.8. The molecule has 0 spiro atoms. The Morgan fingerprint density at radius 1 is 1.20 bits per heavy atom. The lowest BCUT2D eigenvalue weighted by Gasteiger charge is -2.11. The molecule has 0 aromatic heterocycles. The van der Waals surface area contributed by atoms with Crippen LogP contribution in [0.25, 0.3) is 0 Å². The van der Waals surface area contributed by atoms with Gasteiger partial charge < -0.3 is 5.32 Å². The van der Waals surface area contributed by atoms with E-state index in [1.807, 2.05) is 24.3 Å². The first kappa shape index (κ1) is 10.6. The van der Waals surface area contributed by atoms with Crippen LogP contribution in [0.15, 0.2) is 29.2 Å². The fourth-order valence-corrected chi connectivity index (χ4v) is 2.10. The van der Waals surface area contributed by atoms with Gasteiger partial charge in [0.05, 0.1) is 0 Å². The van der Waals surface area contributed by atoms with E-state index in [0.717, 1.165) is 23.3 Å². The van der Waals surface area contributed by atoms with Crippen LogP contribution in [0.4, 0.5) is 0 Å². The third-order valence-electron chi connectivity index (χ3n) is 2.82. The zero-order chi connectivity index (χ0) is 10.7. The van der Waals surface area contributed by atoms with Crippen molar-refractivity contribution in [3.63, 3.8) is 0 Å². The van der Waals surface area contributed by atoms with E-state index in [1.165, 1.54) is 12.8 Å². The van der Waals surface area contributed by atoms with E-state index in [9.17, 15) is 4.79 Å². The maximum absolute atomic E-state index is 11.8. The lowest BCUT2D eigenvalue weighted by atomic mass is 10.2. The molecule has 0 aliphatic heterocycles. The molecule has 1 N–H and O–H groups in total. The number of carbonyl (C=O) groups is 1. The van der Waals surface area contributed by atoms with Crippen molar-refractivity contribution < 1.29 is 4.79 Å². The Balaban J connectivity index is 1.98. The van der Waals surface area contributed by atoms with E-state index in [-0.39, 0.29) is 5.91 Å². The van der Waals surface area contributed by atoms with Crippen LogP contribution in [0.1, 0.15) is 36.0 Å². The molecule has 3 heteroatoms. The summed E-state index contributed by atoms with van der Waals surface area (Å²) in [5.74, 6) is 0.0373. The molecule has 1 aliphatic carbocycles. The second kappa shape index (κ2) is 4.71. The third kappa shape index (κ3) is 2.75. The van der Waals surface area contributed by atoms with Gasteiger partial charge in [0.25, 0.3) is 5.91 Å². The number of amides is 1. The molecular weight excluding hydrogens is 206 g/mol. The zero-order valence-electron chi connectivity index (χ0n) is 8.57. The Labute approximate surface area is 95.5 Å². The summed E-state index contributed by atoms with van der Waals surface area (Å²) in [4.78, 5) is 12.7. The summed E-state index contributed by atoms with van der Waals surface area (Å²) in [6, 6.07) is 7.69. The molecule has 15 heavy (non-hydrogen) atoms. The minimum atomic E-state index is 0.0373. The molecule has 1 aromatic rings. The Hall–Kier alpha value is -0.960. The molecule has 0 saturated heterocycles. The smallest absolute Gasteiger partial charge is 0.251 e.